The highest BCUT2D eigenvalue weighted by atomic mass is 16.5. The summed E-state index contributed by atoms with van der Waals surface area (Å²) in [7, 11) is 0. The maximum atomic E-state index is 11.7. The van der Waals surface area contributed by atoms with Crippen LogP contribution in [0, 0.1) is 13.8 Å². The van der Waals surface area contributed by atoms with Gasteiger partial charge in [0.25, 0.3) is 0 Å². The van der Waals surface area contributed by atoms with Crippen molar-refractivity contribution in [3.8, 4) is 0 Å². The van der Waals surface area contributed by atoms with Crippen molar-refractivity contribution in [2.24, 2.45) is 5.73 Å². The summed E-state index contributed by atoms with van der Waals surface area (Å²) in [5.74, 6) is -0.767. The summed E-state index contributed by atoms with van der Waals surface area (Å²) in [5, 5.41) is 0. The van der Waals surface area contributed by atoms with Crippen molar-refractivity contribution < 1.29 is 14.3 Å². The molecule has 4 nitrogen and oxygen atoms in total. The van der Waals surface area contributed by atoms with E-state index in [-0.39, 0.29) is 18.9 Å². The highest BCUT2D eigenvalue weighted by Crippen LogP contribution is 2.14. The van der Waals surface area contributed by atoms with Crippen LogP contribution in [-0.4, -0.2) is 24.9 Å². The van der Waals surface area contributed by atoms with E-state index in [1.165, 1.54) is 0 Å². The Morgan fingerprint density at radius 3 is 2.31 bits per heavy atom. The minimum absolute atomic E-state index is 0.111. The summed E-state index contributed by atoms with van der Waals surface area (Å²) in [6.07, 6.45) is 0. The lowest BCUT2D eigenvalue weighted by atomic mass is 10.0. The lowest BCUT2D eigenvalue weighted by Gasteiger charge is -2.08. The molecule has 4 heteroatoms. The molecule has 0 radical (unpaired) electrons. The lowest BCUT2D eigenvalue weighted by molar-refractivity contribution is -0.120. The molecule has 0 heterocycles. The van der Waals surface area contributed by atoms with Crippen LogP contribution in [0.2, 0.25) is 0 Å². The molecule has 0 saturated carbocycles. The number of rotatable bonds is 4. The third kappa shape index (κ3) is 2.90. The van der Waals surface area contributed by atoms with Gasteiger partial charge in [0.2, 0.25) is 0 Å². The number of benzene rings is 1. The highest BCUT2D eigenvalue weighted by Gasteiger charge is 2.14. The molecule has 0 aliphatic carbocycles. The van der Waals surface area contributed by atoms with Crippen LogP contribution in [0.4, 0.5) is 0 Å². The van der Waals surface area contributed by atoms with Gasteiger partial charge in [0.1, 0.15) is 0 Å². The standard InChI is InChI=1S/C12H15NO3/c1-8-4-3-5-9(2)11(8)12(15)16-7-10(14)6-13/h3-5H,6-7,13H2,1-2H3. The SMILES string of the molecule is Cc1cccc(C)c1C(=O)OCC(=O)CN. The number of carbonyl (C=O) groups excluding carboxylic acids is 2. The van der Waals surface area contributed by atoms with Crippen LogP contribution in [0.15, 0.2) is 18.2 Å². The molecule has 1 aromatic rings. The number of hydrogen-bond donors (Lipinski definition) is 1. The Morgan fingerprint density at radius 2 is 1.81 bits per heavy atom. The first-order valence-electron chi connectivity index (χ1n) is 5.01. The van der Waals surface area contributed by atoms with Crippen LogP contribution in [0.25, 0.3) is 0 Å². The summed E-state index contributed by atoms with van der Waals surface area (Å²) in [6.45, 7) is 3.28. The zero-order valence-electron chi connectivity index (χ0n) is 9.45. The Hall–Kier alpha value is -1.68. The van der Waals surface area contributed by atoms with Gasteiger partial charge in [-0.1, -0.05) is 18.2 Å². The Bertz CT molecular complexity index is 392. The fraction of sp³-hybridized carbons (Fsp3) is 0.333. The van der Waals surface area contributed by atoms with Gasteiger partial charge in [-0.05, 0) is 25.0 Å². The molecular formula is C12H15NO3. The van der Waals surface area contributed by atoms with Gasteiger partial charge in [-0.15, -0.1) is 0 Å². The summed E-state index contributed by atoms with van der Waals surface area (Å²) >= 11 is 0. The summed E-state index contributed by atoms with van der Waals surface area (Å²) in [4.78, 5) is 22.6. The molecule has 0 aliphatic heterocycles. The fourth-order valence-electron chi connectivity index (χ4n) is 1.41. The zero-order chi connectivity index (χ0) is 12.1. The molecule has 1 aromatic carbocycles. The number of Topliss-reactive ketones (excluding diaryl/α,β-unsaturated/α-hetero) is 1. The first kappa shape index (κ1) is 12.4. The molecule has 0 aliphatic rings. The van der Waals surface area contributed by atoms with E-state index in [1.54, 1.807) is 0 Å². The topological polar surface area (TPSA) is 69.4 Å². The molecule has 0 bridgehead atoms. The maximum Gasteiger partial charge on any atom is 0.339 e. The third-order valence-electron chi connectivity index (χ3n) is 2.28. The highest BCUT2D eigenvalue weighted by molar-refractivity contribution is 5.94. The first-order valence-corrected chi connectivity index (χ1v) is 5.01. The van der Waals surface area contributed by atoms with E-state index in [1.807, 2.05) is 32.0 Å². The molecule has 0 saturated heterocycles. The normalized spacial score (nSPS) is 9.94. The molecule has 0 fully saturated rings. The van der Waals surface area contributed by atoms with E-state index >= 15 is 0 Å². The Kier molecular flexibility index (Phi) is 4.19. The molecule has 1 rings (SSSR count). The average Bonchev–Trinajstić information content (AvgIpc) is 2.25. The van der Waals surface area contributed by atoms with E-state index in [0.717, 1.165) is 11.1 Å². The van der Waals surface area contributed by atoms with E-state index in [0.29, 0.717) is 5.56 Å². The number of ketones is 1. The van der Waals surface area contributed by atoms with Crippen molar-refractivity contribution in [2.45, 2.75) is 13.8 Å². The Balaban J connectivity index is 2.77. The van der Waals surface area contributed by atoms with Crippen molar-refractivity contribution in [1.82, 2.24) is 0 Å². The largest absolute Gasteiger partial charge is 0.454 e. The van der Waals surface area contributed by atoms with Gasteiger partial charge in [-0.3, -0.25) is 4.79 Å². The summed E-state index contributed by atoms with van der Waals surface area (Å²) < 4.78 is 4.87. The van der Waals surface area contributed by atoms with Gasteiger partial charge in [-0.25, -0.2) is 4.79 Å². The minimum Gasteiger partial charge on any atom is -0.454 e. The van der Waals surface area contributed by atoms with Crippen LogP contribution in [0.1, 0.15) is 21.5 Å². The Labute approximate surface area is 94.4 Å². The van der Waals surface area contributed by atoms with Crippen LogP contribution < -0.4 is 5.73 Å². The van der Waals surface area contributed by atoms with Gasteiger partial charge in [0.05, 0.1) is 12.1 Å². The van der Waals surface area contributed by atoms with Gasteiger partial charge in [0, 0.05) is 0 Å². The number of esters is 1. The predicted octanol–water partition coefficient (Wildman–Crippen LogP) is 0.988. The number of hydrogen-bond acceptors (Lipinski definition) is 4. The quantitative estimate of drug-likeness (QED) is 0.770. The van der Waals surface area contributed by atoms with Crippen molar-refractivity contribution >= 4 is 11.8 Å². The number of carbonyl (C=O) groups is 2. The summed E-state index contributed by atoms with van der Waals surface area (Å²) in [6, 6.07) is 5.52. The number of ether oxygens (including phenoxy) is 1. The first-order chi connectivity index (χ1) is 7.56. The van der Waals surface area contributed by atoms with E-state index in [4.69, 9.17) is 10.5 Å². The Morgan fingerprint density at radius 1 is 1.25 bits per heavy atom. The monoisotopic (exact) mass is 221 g/mol. The van der Waals surface area contributed by atoms with Crippen LogP contribution in [-0.2, 0) is 9.53 Å². The molecule has 0 unspecified atom stereocenters. The fourth-order valence-corrected chi connectivity index (χ4v) is 1.41. The second-order valence-electron chi connectivity index (χ2n) is 3.59. The second kappa shape index (κ2) is 5.42. The summed E-state index contributed by atoms with van der Waals surface area (Å²) in [5.41, 5.74) is 7.31. The van der Waals surface area contributed by atoms with E-state index in [2.05, 4.69) is 0 Å². The van der Waals surface area contributed by atoms with Gasteiger partial charge in [-0.2, -0.15) is 0 Å². The molecule has 86 valence electrons. The molecule has 16 heavy (non-hydrogen) atoms. The predicted molar refractivity (Wildman–Crippen MR) is 60.3 cm³/mol. The van der Waals surface area contributed by atoms with Gasteiger partial charge >= 0.3 is 5.97 Å². The average molecular weight is 221 g/mol. The molecule has 0 atom stereocenters. The molecular weight excluding hydrogens is 206 g/mol. The van der Waals surface area contributed by atoms with Crippen molar-refractivity contribution in [3.05, 3.63) is 34.9 Å². The van der Waals surface area contributed by atoms with Crippen LogP contribution in [0.3, 0.4) is 0 Å². The second-order valence-corrected chi connectivity index (χ2v) is 3.59. The van der Waals surface area contributed by atoms with Crippen molar-refractivity contribution in [3.63, 3.8) is 0 Å². The van der Waals surface area contributed by atoms with Crippen LogP contribution >= 0.6 is 0 Å². The van der Waals surface area contributed by atoms with Crippen molar-refractivity contribution in [2.75, 3.05) is 13.2 Å². The smallest absolute Gasteiger partial charge is 0.339 e. The molecule has 2 N–H and O–H groups in total. The van der Waals surface area contributed by atoms with Crippen molar-refractivity contribution in [1.29, 1.82) is 0 Å². The molecule has 0 spiro atoms. The number of nitrogens with two attached hydrogens (primary N) is 1. The van der Waals surface area contributed by atoms with E-state index < -0.39 is 5.97 Å². The minimum atomic E-state index is -0.475. The zero-order valence-corrected chi connectivity index (χ0v) is 9.45. The molecule has 0 amide bonds. The van der Waals surface area contributed by atoms with Gasteiger partial charge < -0.3 is 10.5 Å². The van der Waals surface area contributed by atoms with Crippen LogP contribution in [0.5, 0.6) is 0 Å². The van der Waals surface area contributed by atoms with E-state index in [9.17, 15) is 9.59 Å². The van der Waals surface area contributed by atoms with Gasteiger partial charge in [0.15, 0.2) is 12.4 Å². The molecule has 0 aromatic heterocycles. The maximum absolute atomic E-state index is 11.7. The lowest BCUT2D eigenvalue weighted by Crippen LogP contribution is -2.22. The number of aryl methyl sites for hydroxylation is 2. The third-order valence-corrected chi connectivity index (χ3v) is 2.28.